The van der Waals surface area contributed by atoms with Crippen molar-refractivity contribution in [2.24, 2.45) is 0 Å². The number of hydrogen-bond donors (Lipinski definition) is 0. The van der Waals surface area contributed by atoms with Crippen molar-refractivity contribution in [1.82, 2.24) is 25.1 Å². The van der Waals surface area contributed by atoms with Gasteiger partial charge in [-0.1, -0.05) is 0 Å². The molecule has 0 unspecified atom stereocenters. The first-order valence-corrected chi connectivity index (χ1v) is 6.37. The maximum Gasteiger partial charge on any atom is 0.165 e. The third-order valence-corrected chi connectivity index (χ3v) is 3.31. The van der Waals surface area contributed by atoms with Gasteiger partial charge in [0.2, 0.25) is 0 Å². The fourth-order valence-electron chi connectivity index (χ4n) is 2.53. The monoisotopic (exact) mass is 237 g/mol. The van der Waals surface area contributed by atoms with Crippen LogP contribution in [0, 0.1) is 0 Å². The van der Waals surface area contributed by atoms with Gasteiger partial charge in [-0.15, -0.1) is 5.10 Å². The van der Waals surface area contributed by atoms with Crippen LogP contribution >= 0.6 is 0 Å². The highest BCUT2D eigenvalue weighted by molar-refractivity contribution is 4.91. The van der Waals surface area contributed by atoms with E-state index in [0.717, 1.165) is 25.5 Å². The van der Waals surface area contributed by atoms with Crippen molar-refractivity contribution in [2.45, 2.75) is 51.5 Å². The minimum Gasteiger partial charge on any atom is -0.373 e. The van der Waals surface area contributed by atoms with Gasteiger partial charge in [-0.05, 0) is 37.1 Å². The van der Waals surface area contributed by atoms with Crippen molar-refractivity contribution >= 4 is 0 Å². The first-order valence-electron chi connectivity index (χ1n) is 6.37. The molecule has 0 amide bonds. The average molecular weight is 237 g/mol. The number of ether oxygens (including phenoxy) is 1. The van der Waals surface area contributed by atoms with Crippen LogP contribution < -0.4 is 0 Å². The molecule has 6 nitrogen and oxygen atoms in total. The van der Waals surface area contributed by atoms with Crippen molar-refractivity contribution < 1.29 is 4.74 Å². The summed E-state index contributed by atoms with van der Waals surface area (Å²) in [7, 11) is 0. The summed E-state index contributed by atoms with van der Waals surface area (Å²) >= 11 is 0. The highest BCUT2D eigenvalue weighted by Gasteiger charge is 2.29. The predicted molar refractivity (Wildman–Crippen MR) is 61.4 cm³/mol. The third kappa shape index (κ3) is 2.47. The highest BCUT2D eigenvalue weighted by Crippen LogP contribution is 2.34. The smallest absolute Gasteiger partial charge is 0.165 e. The number of aromatic nitrogens is 4. The standard InChI is InChI=1S/C11H19N5O/c1-8-5-15(6-9(2)17-8)7-11-12-13-14-16(11)10-3-4-10/h8-10H,3-7H2,1-2H3/t8-,9-/m0/s1. The molecule has 1 aliphatic carbocycles. The van der Waals surface area contributed by atoms with Gasteiger partial charge >= 0.3 is 0 Å². The van der Waals surface area contributed by atoms with Gasteiger partial charge in [-0.2, -0.15) is 0 Å². The first kappa shape index (κ1) is 11.1. The zero-order valence-electron chi connectivity index (χ0n) is 10.4. The lowest BCUT2D eigenvalue weighted by atomic mass is 10.2. The molecule has 1 aromatic rings. The molecule has 3 rings (SSSR count). The van der Waals surface area contributed by atoms with E-state index in [9.17, 15) is 0 Å². The molecule has 2 fully saturated rings. The summed E-state index contributed by atoms with van der Waals surface area (Å²) in [5.41, 5.74) is 0. The quantitative estimate of drug-likeness (QED) is 0.771. The predicted octanol–water partition coefficient (Wildman–Crippen LogP) is 0.617. The summed E-state index contributed by atoms with van der Waals surface area (Å²) < 4.78 is 7.72. The summed E-state index contributed by atoms with van der Waals surface area (Å²) in [4.78, 5) is 2.38. The molecule has 1 aliphatic heterocycles. The Labute approximate surface area is 101 Å². The fraction of sp³-hybridized carbons (Fsp3) is 0.909. The van der Waals surface area contributed by atoms with Gasteiger partial charge < -0.3 is 4.74 Å². The number of rotatable bonds is 3. The summed E-state index contributed by atoms with van der Waals surface area (Å²) in [6.07, 6.45) is 3.02. The van der Waals surface area contributed by atoms with Gasteiger partial charge in [0.1, 0.15) is 0 Å². The Kier molecular flexibility index (Phi) is 2.84. The molecule has 94 valence electrons. The van der Waals surface area contributed by atoms with Crippen LogP contribution in [0.1, 0.15) is 38.6 Å². The van der Waals surface area contributed by atoms with Gasteiger partial charge in [-0.25, -0.2) is 4.68 Å². The average Bonchev–Trinajstić information content (AvgIpc) is 2.99. The molecule has 0 spiro atoms. The van der Waals surface area contributed by atoms with E-state index in [0.29, 0.717) is 18.2 Å². The van der Waals surface area contributed by atoms with E-state index >= 15 is 0 Å². The summed E-state index contributed by atoms with van der Waals surface area (Å²) in [6, 6.07) is 0.552. The Morgan fingerprint density at radius 1 is 1.24 bits per heavy atom. The largest absolute Gasteiger partial charge is 0.373 e. The Balaban J connectivity index is 1.67. The summed E-state index contributed by atoms with van der Waals surface area (Å²) in [5, 5.41) is 12.0. The number of tetrazole rings is 1. The van der Waals surface area contributed by atoms with Crippen LogP contribution in [0.5, 0.6) is 0 Å². The van der Waals surface area contributed by atoms with E-state index in [4.69, 9.17) is 4.74 Å². The van der Waals surface area contributed by atoms with Crippen LogP contribution in [0.2, 0.25) is 0 Å². The van der Waals surface area contributed by atoms with Crippen LogP contribution in [0.25, 0.3) is 0 Å². The second-order valence-corrected chi connectivity index (χ2v) is 5.22. The van der Waals surface area contributed by atoms with E-state index in [1.807, 2.05) is 4.68 Å². The molecule has 0 aromatic carbocycles. The van der Waals surface area contributed by atoms with Gasteiger partial charge in [0.15, 0.2) is 5.82 Å². The van der Waals surface area contributed by atoms with E-state index in [1.54, 1.807) is 0 Å². The van der Waals surface area contributed by atoms with Gasteiger partial charge in [0.05, 0.1) is 24.8 Å². The Hall–Kier alpha value is -1.01. The molecule has 0 bridgehead atoms. The molecule has 2 heterocycles. The zero-order valence-corrected chi connectivity index (χ0v) is 10.4. The van der Waals surface area contributed by atoms with Crippen molar-refractivity contribution in [3.63, 3.8) is 0 Å². The Morgan fingerprint density at radius 2 is 1.94 bits per heavy atom. The molecule has 1 saturated carbocycles. The van der Waals surface area contributed by atoms with E-state index in [1.165, 1.54) is 12.8 Å². The minimum atomic E-state index is 0.295. The van der Waals surface area contributed by atoms with E-state index < -0.39 is 0 Å². The van der Waals surface area contributed by atoms with Crippen LogP contribution in [0.3, 0.4) is 0 Å². The van der Waals surface area contributed by atoms with Crippen molar-refractivity contribution in [2.75, 3.05) is 13.1 Å². The summed E-state index contributed by atoms with van der Waals surface area (Å²) in [6.45, 7) is 6.99. The van der Waals surface area contributed by atoms with E-state index in [2.05, 4.69) is 34.3 Å². The second kappa shape index (κ2) is 4.34. The molecule has 1 saturated heterocycles. The first-order chi connectivity index (χ1) is 8.22. The van der Waals surface area contributed by atoms with Gasteiger partial charge in [0, 0.05) is 13.1 Å². The number of nitrogens with zero attached hydrogens (tertiary/aromatic N) is 5. The molecular formula is C11H19N5O. The van der Waals surface area contributed by atoms with Crippen molar-refractivity contribution in [1.29, 1.82) is 0 Å². The fourth-order valence-corrected chi connectivity index (χ4v) is 2.53. The zero-order chi connectivity index (χ0) is 11.8. The van der Waals surface area contributed by atoms with Crippen molar-refractivity contribution in [3.8, 4) is 0 Å². The number of hydrogen-bond acceptors (Lipinski definition) is 5. The number of morpholine rings is 1. The molecule has 1 aromatic heterocycles. The maximum atomic E-state index is 5.73. The highest BCUT2D eigenvalue weighted by atomic mass is 16.5. The van der Waals surface area contributed by atoms with Crippen molar-refractivity contribution in [3.05, 3.63) is 5.82 Å². The lowest BCUT2D eigenvalue weighted by Crippen LogP contribution is -2.45. The van der Waals surface area contributed by atoms with Crippen LogP contribution in [-0.2, 0) is 11.3 Å². The van der Waals surface area contributed by atoms with Gasteiger partial charge in [-0.3, -0.25) is 4.90 Å². The molecule has 2 atom stereocenters. The van der Waals surface area contributed by atoms with Crippen LogP contribution in [-0.4, -0.2) is 50.4 Å². The lowest BCUT2D eigenvalue weighted by molar-refractivity contribution is -0.0713. The van der Waals surface area contributed by atoms with Crippen LogP contribution in [0.4, 0.5) is 0 Å². The Bertz CT molecular complexity index is 379. The molecule has 6 heteroatoms. The molecule has 0 radical (unpaired) electrons. The lowest BCUT2D eigenvalue weighted by Gasteiger charge is -2.34. The van der Waals surface area contributed by atoms with Crippen LogP contribution in [0.15, 0.2) is 0 Å². The molecule has 17 heavy (non-hydrogen) atoms. The maximum absolute atomic E-state index is 5.73. The normalized spacial score (nSPS) is 30.7. The minimum absolute atomic E-state index is 0.295. The van der Waals surface area contributed by atoms with Gasteiger partial charge in [0.25, 0.3) is 0 Å². The SMILES string of the molecule is C[C@H]1CN(Cc2nnnn2C2CC2)C[C@H](C)O1. The Morgan fingerprint density at radius 3 is 2.59 bits per heavy atom. The second-order valence-electron chi connectivity index (χ2n) is 5.22. The molecule has 0 N–H and O–H groups in total. The summed E-state index contributed by atoms with van der Waals surface area (Å²) in [5.74, 6) is 0.994. The molecule has 2 aliphatic rings. The molecular weight excluding hydrogens is 218 g/mol. The van der Waals surface area contributed by atoms with E-state index in [-0.39, 0.29) is 0 Å². The topological polar surface area (TPSA) is 56.1 Å². The third-order valence-electron chi connectivity index (χ3n) is 3.31.